The standard InChI is InChI=1S/C20H17N3O3/c1-12-18-16(13-7-9-14(10-8-13)20(25)26)11-17(24)21-19(18)23(22-12)15-5-3-2-4-6-15/h2-10,16H,11H2,1H3,(H,21,24)(H,25,26). The second-order valence-corrected chi connectivity index (χ2v) is 6.33. The van der Waals surface area contributed by atoms with E-state index in [-0.39, 0.29) is 17.4 Å². The van der Waals surface area contributed by atoms with Gasteiger partial charge >= 0.3 is 5.97 Å². The van der Waals surface area contributed by atoms with Crippen molar-refractivity contribution in [1.29, 1.82) is 0 Å². The van der Waals surface area contributed by atoms with E-state index in [1.54, 1.807) is 28.9 Å². The number of hydrogen-bond acceptors (Lipinski definition) is 3. The smallest absolute Gasteiger partial charge is 0.335 e. The summed E-state index contributed by atoms with van der Waals surface area (Å²) in [5, 5.41) is 16.7. The predicted molar refractivity (Wildman–Crippen MR) is 96.8 cm³/mol. The zero-order valence-corrected chi connectivity index (χ0v) is 14.1. The molecule has 2 aromatic carbocycles. The lowest BCUT2D eigenvalue weighted by molar-refractivity contribution is -0.116. The molecule has 1 amide bonds. The monoisotopic (exact) mass is 347 g/mol. The normalized spacial score (nSPS) is 16.0. The molecule has 1 atom stereocenters. The van der Waals surface area contributed by atoms with Gasteiger partial charge in [-0.2, -0.15) is 5.10 Å². The summed E-state index contributed by atoms with van der Waals surface area (Å²) in [6, 6.07) is 16.3. The Morgan fingerprint density at radius 1 is 1.15 bits per heavy atom. The number of carbonyl (C=O) groups excluding carboxylic acids is 1. The molecule has 0 saturated carbocycles. The second-order valence-electron chi connectivity index (χ2n) is 6.33. The van der Waals surface area contributed by atoms with E-state index in [4.69, 9.17) is 5.11 Å². The predicted octanol–water partition coefficient (Wildman–Crippen LogP) is 3.35. The quantitative estimate of drug-likeness (QED) is 0.761. The van der Waals surface area contributed by atoms with Crippen molar-refractivity contribution in [3.05, 3.63) is 77.0 Å². The number of hydrogen-bond donors (Lipinski definition) is 2. The van der Waals surface area contributed by atoms with E-state index in [1.165, 1.54) is 0 Å². The fraction of sp³-hybridized carbons (Fsp3) is 0.150. The van der Waals surface area contributed by atoms with Crippen LogP contribution >= 0.6 is 0 Å². The number of carbonyl (C=O) groups is 2. The van der Waals surface area contributed by atoms with Gasteiger partial charge in [-0.05, 0) is 36.8 Å². The summed E-state index contributed by atoms with van der Waals surface area (Å²) in [5.41, 5.74) is 3.82. The summed E-state index contributed by atoms with van der Waals surface area (Å²) in [6.45, 7) is 1.92. The molecular weight excluding hydrogens is 330 g/mol. The Labute approximate surface area is 150 Å². The molecule has 0 bridgehead atoms. The highest BCUT2D eigenvalue weighted by molar-refractivity contribution is 5.95. The van der Waals surface area contributed by atoms with Crippen LogP contribution in [-0.2, 0) is 4.79 Å². The zero-order valence-electron chi connectivity index (χ0n) is 14.1. The molecule has 26 heavy (non-hydrogen) atoms. The topological polar surface area (TPSA) is 84.2 Å². The van der Waals surface area contributed by atoms with Crippen LogP contribution in [0.3, 0.4) is 0 Å². The molecule has 1 unspecified atom stereocenters. The number of carboxylic acids is 1. The molecule has 0 spiro atoms. The van der Waals surface area contributed by atoms with Crippen molar-refractivity contribution < 1.29 is 14.7 Å². The highest BCUT2D eigenvalue weighted by Crippen LogP contribution is 2.40. The lowest BCUT2D eigenvalue weighted by Gasteiger charge is -2.24. The molecule has 1 aliphatic rings. The van der Waals surface area contributed by atoms with Gasteiger partial charge in [-0.15, -0.1) is 0 Å². The number of carboxylic acid groups (broad SMARTS) is 1. The molecule has 130 valence electrons. The lowest BCUT2D eigenvalue weighted by atomic mass is 9.85. The number of nitrogens with zero attached hydrogens (tertiary/aromatic N) is 2. The third kappa shape index (κ3) is 2.65. The maximum atomic E-state index is 12.3. The first-order valence-electron chi connectivity index (χ1n) is 8.32. The number of anilines is 1. The number of para-hydroxylation sites is 1. The van der Waals surface area contributed by atoms with Gasteiger partial charge in [-0.25, -0.2) is 9.48 Å². The van der Waals surface area contributed by atoms with Crippen molar-refractivity contribution in [3.8, 4) is 5.69 Å². The van der Waals surface area contributed by atoms with Gasteiger partial charge < -0.3 is 10.4 Å². The van der Waals surface area contributed by atoms with Gasteiger partial charge in [0.15, 0.2) is 0 Å². The highest BCUT2D eigenvalue weighted by atomic mass is 16.4. The van der Waals surface area contributed by atoms with E-state index in [2.05, 4.69) is 10.4 Å². The van der Waals surface area contributed by atoms with Crippen molar-refractivity contribution in [3.63, 3.8) is 0 Å². The van der Waals surface area contributed by atoms with Crippen LogP contribution in [0.25, 0.3) is 5.69 Å². The zero-order chi connectivity index (χ0) is 18.3. The minimum atomic E-state index is -0.966. The minimum Gasteiger partial charge on any atom is -0.478 e. The Kier molecular flexibility index (Phi) is 3.80. The molecule has 2 heterocycles. The average Bonchev–Trinajstić information content (AvgIpc) is 2.98. The third-order valence-electron chi connectivity index (χ3n) is 4.66. The third-order valence-corrected chi connectivity index (χ3v) is 4.66. The highest BCUT2D eigenvalue weighted by Gasteiger charge is 2.32. The number of benzene rings is 2. The minimum absolute atomic E-state index is 0.0816. The van der Waals surface area contributed by atoms with Crippen molar-refractivity contribution in [2.24, 2.45) is 0 Å². The maximum absolute atomic E-state index is 12.3. The number of fused-ring (bicyclic) bond motifs is 1. The molecular formula is C20H17N3O3. The SMILES string of the molecule is Cc1nn(-c2ccccc2)c2c1C(c1ccc(C(=O)O)cc1)CC(=O)N2. The number of amides is 1. The number of nitrogens with one attached hydrogen (secondary N) is 1. The van der Waals surface area contributed by atoms with Crippen LogP contribution in [0.2, 0.25) is 0 Å². The van der Waals surface area contributed by atoms with Crippen molar-refractivity contribution in [1.82, 2.24) is 9.78 Å². The summed E-state index contributed by atoms with van der Waals surface area (Å²) < 4.78 is 1.75. The molecule has 1 aliphatic heterocycles. The molecule has 0 aliphatic carbocycles. The first-order chi connectivity index (χ1) is 12.5. The Balaban J connectivity index is 1.82. The molecule has 0 radical (unpaired) electrons. The van der Waals surface area contributed by atoms with E-state index < -0.39 is 5.97 Å². The fourth-order valence-corrected chi connectivity index (χ4v) is 3.45. The Morgan fingerprint density at radius 3 is 2.50 bits per heavy atom. The number of aryl methyl sites for hydroxylation is 1. The molecule has 6 heteroatoms. The maximum Gasteiger partial charge on any atom is 0.335 e. The van der Waals surface area contributed by atoms with E-state index in [9.17, 15) is 9.59 Å². The fourth-order valence-electron chi connectivity index (χ4n) is 3.45. The van der Waals surface area contributed by atoms with Crippen LogP contribution in [-0.4, -0.2) is 26.8 Å². The molecule has 0 fully saturated rings. The van der Waals surface area contributed by atoms with Gasteiger partial charge in [-0.3, -0.25) is 4.79 Å². The van der Waals surface area contributed by atoms with Crippen LogP contribution in [0.5, 0.6) is 0 Å². The van der Waals surface area contributed by atoms with Gasteiger partial charge in [0.25, 0.3) is 0 Å². The van der Waals surface area contributed by atoms with E-state index in [0.717, 1.165) is 22.5 Å². The summed E-state index contributed by atoms with van der Waals surface area (Å²) in [5.74, 6) is -0.523. The molecule has 1 aromatic heterocycles. The molecule has 4 rings (SSSR count). The van der Waals surface area contributed by atoms with Gasteiger partial charge in [0.1, 0.15) is 5.82 Å². The van der Waals surface area contributed by atoms with Gasteiger partial charge in [0.2, 0.25) is 5.91 Å². The van der Waals surface area contributed by atoms with Gasteiger partial charge in [0.05, 0.1) is 16.9 Å². The second kappa shape index (κ2) is 6.15. The van der Waals surface area contributed by atoms with E-state index in [1.807, 2.05) is 37.3 Å². The summed E-state index contributed by atoms with van der Waals surface area (Å²) in [4.78, 5) is 23.4. The number of aromatic carboxylic acids is 1. The number of rotatable bonds is 3. The molecule has 0 saturated heterocycles. The summed E-state index contributed by atoms with van der Waals surface area (Å²) in [7, 11) is 0. The first kappa shape index (κ1) is 16.1. The van der Waals surface area contributed by atoms with Crippen LogP contribution in [0, 0.1) is 6.92 Å². The van der Waals surface area contributed by atoms with E-state index >= 15 is 0 Å². The van der Waals surface area contributed by atoms with Gasteiger partial charge in [0, 0.05) is 17.9 Å². The molecule has 2 N–H and O–H groups in total. The molecule has 3 aromatic rings. The van der Waals surface area contributed by atoms with Crippen LogP contribution in [0.4, 0.5) is 5.82 Å². The van der Waals surface area contributed by atoms with Crippen molar-refractivity contribution in [2.45, 2.75) is 19.3 Å². The Hall–Kier alpha value is -3.41. The van der Waals surface area contributed by atoms with Crippen molar-refractivity contribution >= 4 is 17.7 Å². The lowest BCUT2D eigenvalue weighted by Crippen LogP contribution is -2.25. The largest absolute Gasteiger partial charge is 0.478 e. The van der Waals surface area contributed by atoms with Gasteiger partial charge in [-0.1, -0.05) is 30.3 Å². The van der Waals surface area contributed by atoms with E-state index in [0.29, 0.717) is 12.2 Å². The average molecular weight is 347 g/mol. The Morgan fingerprint density at radius 2 is 1.85 bits per heavy atom. The van der Waals surface area contributed by atoms with Crippen LogP contribution < -0.4 is 5.32 Å². The summed E-state index contributed by atoms with van der Waals surface area (Å²) in [6.07, 6.45) is 0.306. The number of aromatic nitrogens is 2. The van der Waals surface area contributed by atoms with Crippen LogP contribution in [0.15, 0.2) is 54.6 Å². The first-order valence-corrected chi connectivity index (χ1v) is 8.32. The Bertz CT molecular complexity index is 991. The van der Waals surface area contributed by atoms with Crippen molar-refractivity contribution in [2.75, 3.05) is 5.32 Å². The van der Waals surface area contributed by atoms with Crippen LogP contribution in [0.1, 0.15) is 39.5 Å². The molecule has 6 nitrogen and oxygen atoms in total. The summed E-state index contributed by atoms with van der Waals surface area (Å²) >= 11 is 0.